The van der Waals surface area contributed by atoms with Crippen LogP contribution in [0.25, 0.3) is 0 Å². The van der Waals surface area contributed by atoms with Crippen molar-refractivity contribution in [2.24, 2.45) is 0 Å². The highest BCUT2D eigenvalue weighted by atomic mass is 16.7. The molecule has 0 spiro atoms. The summed E-state index contributed by atoms with van der Waals surface area (Å²) < 4.78 is 23.5. The van der Waals surface area contributed by atoms with Crippen molar-refractivity contribution in [1.82, 2.24) is 9.47 Å². The van der Waals surface area contributed by atoms with Gasteiger partial charge in [0.1, 0.15) is 5.76 Å². The first-order chi connectivity index (χ1) is 15.5. The molecule has 0 aliphatic carbocycles. The van der Waals surface area contributed by atoms with Gasteiger partial charge in [0, 0.05) is 24.5 Å². The third-order valence-corrected chi connectivity index (χ3v) is 5.56. The van der Waals surface area contributed by atoms with E-state index < -0.39 is 5.97 Å². The van der Waals surface area contributed by atoms with Gasteiger partial charge in [-0.15, -0.1) is 0 Å². The molecule has 0 atom stereocenters. The Hall–Kier alpha value is -3.68. The van der Waals surface area contributed by atoms with Crippen LogP contribution in [0.3, 0.4) is 0 Å². The third kappa shape index (κ3) is 4.49. The van der Waals surface area contributed by atoms with Crippen molar-refractivity contribution < 1.29 is 28.2 Å². The van der Waals surface area contributed by atoms with Gasteiger partial charge in [0.05, 0.1) is 18.4 Å². The largest absolute Gasteiger partial charge is 0.467 e. The topological polar surface area (TPSA) is 83.1 Å². The fourth-order valence-corrected chi connectivity index (χ4v) is 3.74. The van der Waals surface area contributed by atoms with Gasteiger partial charge < -0.3 is 28.1 Å². The van der Waals surface area contributed by atoms with Crippen LogP contribution >= 0.6 is 0 Å². The molecule has 2 aromatic heterocycles. The van der Waals surface area contributed by atoms with E-state index in [2.05, 4.69) is 0 Å². The molecule has 168 valence electrons. The predicted molar refractivity (Wildman–Crippen MR) is 116 cm³/mol. The summed E-state index contributed by atoms with van der Waals surface area (Å²) in [7, 11) is 0. The minimum atomic E-state index is -0.517. The van der Waals surface area contributed by atoms with E-state index in [0.717, 1.165) is 22.7 Å². The molecule has 3 aromatic rings. The number of likely N-dealkylation sites (N-methyl/N-ethyl adjacent to an activating group) is 1. The van der Waals surface area contributed by atoms with Gasteiger partial charge in [0.2, 0.25) is 6.79 Å². The smallest absolute Gasteiger partial charge is 0.340 e. The summed E-state index contributed by atoms with van der Waals surface area (Å²) in [5.74, 6) is 1.38. The first kappa shape index (κ1) is 21.5. The number of benzene rings is 1. The van der Waals surface area contributed by atoms with Crippen LogP contribution in [0, 0.1) is 13.8 Å². The summed E-state index contributed by atoms with van der Waals surface area (Å²) in [6.07, 6.45) is 1.62. The quantitative estimate of drug-likeness (QED) is 0.499. The lowest BCUT2D eigenvalue weighted by molar-refractivity contribution is -0.134. The van der Waals surface area contributed by atoms with Crippen LogP contribution in [0.5, 0.6) is 11.5 Å². The Kier molecular flexibility index (Phi) is 6.20. The lowest BCUT2D eigenvalue weighted by atomic mass is 10.2. The molecule has 1 aromatic carbocycles. The number of ether oxygens (including phenoxy) is 3. The van der Waals surface area contributed by atoms with Gasteiger partial charge in [-0.05, 0) is 56.7 Å². The number of esters is 1. The number of aromatic nitrogens is 1. The molecule has 0 N–H and O–H groups in total. The highest BCUT2D eigenvalue weighted by Crippen LogP contribution is 2.32. The van der Waals surface area contributed by atoms with E-state index in [1.165, 1.54) is 0 Å². The molecule has 1 aliphatic rings. The second kappa shape index (κ2) is 9.21. The average molecular weight is 438 g/mol. The highest BCUT2D eigenvalue weighted by molar-refractivity contribution is 5.92. The van der Waals surface area contributed by atoms with E-state index in [-0.39, 0.29) is 19.3 Å². The number of hydrogen-bond donors (Lipinski definition) is 0. The van der Waals surface area contributed by atoms with Gasteiger partial charge >= 0.3 is 5.97 Å². The first-order valence-electron chi connectivity index (χ1n) is 10.5. The van der Waals surface area contributed by atoms with Gasteiger partial charge in [-0.25, -0.2) is 4.79 Å². The zero-order valence-electron chi connectivity index (χ0n) is 18.4. The van der Waals surface area contributed by atoms with Crippen LogP contribution < -0.4 is 9.47 Å². The van der Waals surface area contributed by atoms with Crippen molar-refractivity contribution in [3.05, 3.63) is 70.9 Å². The van der Waals surface area contributed by atoms with Gasteiger partial charge in [0.25, 0.3) is 5.91 Å². The number of fused-ring (bicyclic) bond motifs is 1. The van der Waals surface area contributed by atoms with Crippen LogP contribution in [0.15, 0.2) is 47.1 Å². The number of nitrogens with zero attached hydrogens (tertiary/aromatic N) is 2. The summed E-state index contributed by atoms with van der Waals surface area (Å²) in [5, 5.41) is 0. The average Bonchev–Trinajstić information content (AvgIpc) is 3.53. The number of hydrogen-bond acceptors (Lipinski definition) is 6. The van der Waals surface area contributed by atoms with Gasteiger partial charge in [0.15, 0.2) is 18.1 Å². The van der Waals surface area contributed by atoms with E-state index in [4.69, 9.17) is 18.6 Å². The van der Waals surface area contributed by atoms with Crippen molar-refractivity contribution in [3.8, 4) is 11.5 Å². The van der Waals surface area contributed by atoms with Gasteiger partial charge in [-0.1, -0.05) is 6.07 Å². The maximum absolute atomic E-state index is 12.7. The number of carbonyl (C=O) groups excluding carboxylic acids is 2. The first-order valence-corrected chi connectivity index (χ1v) is 10.5. The molecule has 3 heterocycles. The lowest BCUT2D eigenvalue weighted by Gasteiger charge is -2.21. The minimum absolute atomic E-state index is 0.202. The molecule has 0 bridgehead atoms. The van der Waals surface area contributed by atoms with Crippen molar-refractivity contribution in [3.63, 3.8) is 0 Å². The molecule has 8 heteroatoms. The van der Waals surface area contributed by atoms with Crippen LogP contribution in [0.1, 0.15) is 40.0 Å². The molecular weight excluding hydrogens is 412 g/mol. The molecule has 0 radical (unpaired) electrons. The normalized spacial score (nSPS) is 12.1. The molecule has 8 nitrogen and oxygen atoms in total. The summed E-state index contributed by atoms with van der Waals surface area (Å²) in [6.45, 7) is 6.94. The van der Waals surface area contributed by atoms with Gasteiger partial charge in [-0.2, -0.15) is 0 Å². The van der Waals surface area contributed by atoms with Crippen molar-refractivity contribution in [2.75, 3.05) is 19.9 Å². The second-order valence-corrected chi connectivity index (χ2v) is 7.62. The van der Waals surface area contributed by atoms with Crippen LogP contribution in [0.2, 0.25) is 0 Å². The SMILES string of the molecule is CCN(Cc1ccc2c(c1)OCO2)C(=O)COC(=O)c1cc(C)n(Cc2ccco2)c1C. The summed E-state index contributed by atoms with van der Waals surface area (Å²) >= 11 is 0. The molecule has 0 saturated heterocycles. The number of rotatable bonds is 8. The number of aryl methyl sites for hydroxylation is 1. The zero-order chi connectivity index (χ0) is 22.7. The number of furan rings is 1. The van der Waals surface area contributed by atoms with Gasteiger partial charge in [-0.3, -0.25) is 4.79 Å². The number of carbonyl (C=O) groups is 2. The summed E-state index contributed by atoms with van der Waals surface area (Å²) in [4.78, 5) is 27.0. The Balaban J connectivity index is 1.37. The maximum atomic E-state index is 12.7. The Morgan fingerprint density at radius 1 is 1.12 bits per heavy atom. The standard InChI is InChI=1S/C24H26N2O6/c1-4-25(12-18-7-8-21-22(11-18)32-15-31-21)23(27)14-30-24(28)20-10-16(2)26(17(20)3)13-19-6-5-9-29-19/h5-11H,4,12-15H2,1-3H3. The maximum Gasteiger partial charge on any atom is 0.340 e. The Morgan fingerprint density at radius 2 is 1.94 bits per heavy atom. The molecule has 0 fully saturated rings. The van der Waals surface area contributed by atoms with Crippen molar-refractivity contribution in [2.45, 2.75) is 33.9 Å². The number of amides is 1. The third-order valence-electron chi connectivity index (χ3n) is 5.56. The van der Waals surface area contributed by atoms with Crippen LogP contribution in [0.4, 0.5) is 0 Å². The van der Waals surface area contributed by atoms with E-state index in [1.807, 2.05) is 55.7 Å². The van der Waals surface area contributed by atoms with E-state index in [9.17, 15) is 9.59 Å². The Labute approximate surface area is 186 Å². The Morgan fingerprint density at radius 3 is 2.69 bits per heavy atom. The summed E-state index contributed by atoms with van der Waals surface area (Å²) in [6, 6.07) is 11.1. The highest BCUT2D eigenvalue weighted by Gasteiger charge is 2.21. The van der Waals surface area contributed by atoms with Crippen molar-refractivity contribution >= 4 is 11.9 Å². The molecule has 0 unspecified atom stereocenters. The minimum Gasteiger partial charge on any atom is -0.467 e. The molecule has 1 aliphatic heterocycles. The van der Waals surface area contributed by atoms with Crippen molar-refractivity contribution in [1.29, 1.82) is 0 Å². The predicted octanol–water partition coefficient (Wildman–Crippen LogP) is 3.68. The molecular formula is C24H26N2O6. The fraction of sp³-hybridized carbons (Fsp3) is 0.333. The monoisotopic (exact) mass is 438 g/mol. The fourth-order valence-electron chi connectivity index (χ4n) is 3.74. The zero-order valence-corrected chi connectivity index (χ0v) is 18.4. The molecule has 1 amide bonds. The Bertz CT molecular complexity index is 1120. The second-order valence-electron chi connectivity index (χ2n) is 7.62. The van der Waals surface area contributed by atoms with E-state index >= 15 is 0 Å². The summed E-state index contributed by atoms with van der Waals surface area (Å²) in [5.41, 5.74) is 3.04. The molecule has 32 heavy (non-hydrogen) atoms. The molecule has 4 rings (SSSR count). The molecule has 0 saturated carbocycles. The van der Waals surface area contributed by atoms with Crippen LogP contribution in [-0.2, 0) is 22.6 Å². The lowest BCUT2D eigenvalue weighted by Crippen LogP contribution is -2.34. The van der Waals surface area contributed by atoms with E-state index in [1.54, 1.807) is 17.2 Å². The van der Waals surface area contributed by atoms with E-state index in [0.29, 0.717) is 36.7 Å². The van der Waals surface area contributed by atoms with Crippen LogP contribution in [-0.4, -0.2) is 41.3 Å².